The summed E-state index contributed by atoms with van der Waals surface area (Å²) >= 11 is 0. The summed E-state index contributed by atoms with van der Waals surface area (Å²) in [6, 6.07) is 13.0. The fraction of sp³-hybridized carbons (Fsp3) is 0.286. The fourth-order valence-corrected chi connectivity index (χ4v) is 3.22. The minimum absolute atomic E-state index is 0.161. The number of aryl methyl sites for hydroxylation is 1. The molecule has 0 radical (unpaired) electrons. The van der Waals surface area contributed by atoms with Gasteiger partial charge in [0.05, 0.1) is 11.1 Å². The van der Waals surface area contributed by atoms with Crippen molar-refractivity contribution >= 4 is 11.0 Å². The molecule has 0 aliphatic carbocycles. The lowest BCUT2D eigenvalue weighted by atomic mass is 9.98. The van der Waals surface area contributed by atoms with Crippen molar-refractivity contribution < 1.29 is 9.52 Å². The highest BCUT2D eigenvalue weighted by Crippen LogP contribution is 2.33. The molecule has 0 saturated heterocycles. The Labute approximate surface area is 147 Å². The second-order valence-corrected chi connectivity index (χ2v) is 6.16. The highest BCUT2D eigenvalue weighted by atomic mass is 16.4. The molecule has 0 aliphatic rings. The van der Waals surface area contributed by atoms with Crippen LogP contribution in [0.3, 0.4) is 0 Å². The van der Waals surface area contributed by atoms with Crippen molar-refractivity contribution in [1.29, 1.82) is 0 Å². The van der Waals surface area contributed by atoms with Gasteiger partial charge in [-0.3, -0.25) is 4.90 Å². The molecule has 0 amide bonds. The Morgan fingerprint density at radius 1 is 1.04 bits per heavy atom. The molecule has 1 aromatic heterocycles. The van der Waals surface area contributed by atoms with Crippen molar-refractivity contribution in [3.05, 3.63) is 64.0 Å². The van der Waals surface area contributed by atoms with E-state index in [4.69, 9.17) is 4.42 Å². The van der Waals surface area contributed by atoms with Gasteiger partial charge in [0.2, 0.25) is 0 Å². The minimum atomic E-state index is -0.373. The third-order valence-electron chi connectivity index (χ3n) is 4.75. The van der Waals surface area contributed by atoms with Gasteiger partial charge in [-0.1, -0.05) is 44.2 Å². The van der Waals surface area contributed by atoms with E-state index in [2.05, 4.69) is 18.7 Å². The lowest BCUT2D eigenvalue weighted by Crippen LogP contribution is -2.22. The first-order valence-corrected chi connectivity index (χ1v) is 8.62. The molecular formula is C21H23NO3. The van der Waals surface area contributed by atoms with Gasteiger partial charge in [-0.2, -0.15) is 0 Å². The van der Waals surface area contributed by atoms with Gasteiger partial charge < -0.3 is 9.52 Å². The van der Waals surface area contributed by atoms with Crippen LogP contribution in [-0.2, 0) is 6.54 Å². The van der Waals surface area contributed by atoms with Crippen LogP contribution in [0.5, 0.6) is 5.75 Å². The van der Waals surface area contributed by atoms with E-state index >= 15 is 0 Å². The van der Waals surface area contributed by atoms with Crippen molar-refractivity contribution in [2.24, 2.45) is 0 Å². The third kappa shape index (κ3) is 3.17. The van der Waals surface area contributed by atoms with E-state index in [0.29, 0.717) is 23.3 Å². The molecule has 1 N–H and O–H groups in total. The highest BCUT2D eigenvalue weighted by Gasteiger charge is 2.18. The number of hydrogen-bond acceptors (Lipinski definition) is 4. The molecule has 0 saturated carbocycles. The zero-order chi connectivity index (χ0) is 18.0. The molecule has 3 rings (SSSR count). The summed E-state index contributed by atoms with van der Waals surface area (Å²) in [5.74, 6) is 0.161. The SMILES string of the molecule is CCN(CC)Cc1c(O)ccc2c(C)c(-c3ccccc3)c(=O)oc12. The van der Waals surface area contributed by atoms with E-state index in [9.17, 15) is 9.90 Å². The van der Waals surface area contributed by atoms with Gasteiger partial charge in [-0.25, -0.2) is 4.79 Å². The van der Waals surface area contributed by atoms with Crippen LogP contribution < -0.4 is 5.63 Å². The highest BCUT2D eigenvalue weighted by molar-refractivity contribution is 5.89. The van der Waals surface area contributed by atoms with Crippen LogP contribution in [0.15, 0.2) is 51.7 Å². The van der Waals surface area contributed by atoms with E-state index in [1.807, 2.05) is 43.3 Å². The summed E-state index contributed by atoms with van der Waals surface area (Å²) in [5, 5.41) is 11.2. The second kappa shape index (κ2) is 7.11. The average Bonchev–Trinajstić information content (AvgIpc) is 2.62. The summed E-state index contributed by atoms with van der Waals surface area (Å²) in [4.78, 5) is 14.9. The van der Waals surface area contributed by atoms with Gasteiger partial charge in [0.1, 0.15) is 11.3 Å². The number of hydrogen-bond donors (Lipinski definition) is 1. The second-order valence-electron chi connectivity index (χ2n) is 6.16. The molecule has 0 aliphatic heterocycles. The van der Waals surface area contributed by atoms with Crippen LogP contribution in [0.1, 0.15) is 25.0 Å². The van der Waals surface area contributed by atoms with E-state index in [1.54, 1.807) is 6.07 Å². The van der Waals surface area contributed by atoms with Gasteiger partial charge in [-0.15, -0.1) is 0 Å². The van der Waals surface area contributed by atoms with Crippen LogP contribution in [0.25, 0.3) is 22.1 Å². The monoisotopic (exact) mass is 337 g/mol. The maximum absolute atomic E-state index is 12.7. The number of phenolic OH excluding ortho intramolecular Hbond substituents is 1. The lowest BCUT2D eigenvalue weighted by Gasteiger charge is -2.20. The van der Waals surface area contributed by atoms with Crippen LogP contribution in [-0.4, -0.2) is 23.1 Å². The van der Waals surface area contributed by atoms with E-state index in [1.165, 1.54) is 0 Å². The van der Waals surface area contributed by atoms with Crippen molar-refractivity contribution in [3.8, 4) is 16.9 Å². The molecule has 3 aromatic rings. The topological polar surface area (TPSA) is 53.7 Å². The maximum Gasteiger partial charge on any atom is 0.344 e. The Morgan fingerprint density at radius 2 is 1.72 bits per heavy atom. The van der Waals surface area contributed by atoms with E-state index < -0.39 is 0 Å². The van der Waals surface area contributed by atoms with Gasteiger partial charge in [0, 0.05) is 11.9 Å². The summed E-state index contributed by atoms with van der Waals surface area (Å²) < 4.78 is 5.69. The normalized spacial score (nSPS) is 11.4. The Hall–Kier alpha value is -2.59. The largest absolute Gasteiger partial charge is 0.507 e. The quantitative estimate of drug-likeness (QED) is 0.705. The molecule has 25 heavy (non-hydrogen) atoms. The molecule has 0 fully saturated rings. The summed E-state index contributed by atoms with van der Waals surface area (Å²) in [6.45, 7) is 8.33. The molecule has 2 aromatic carbocycles. The zero-order valence-corrected chi connectivity index (χ0v) is 14.9. The predicted molar refractivity (Wildman–Crippen MR) is 101 cm³/mol. The van der Waals surface area contributed by atoms with Gasteiger partial charge in [0.15, 0.2) is 0 Å². The summed E-state index contributed by atoms with van der Waals surface area (Å²) in [7, 11) is 0. The number of benzene rings is 2. The van der Waals surface area contributed by atoms with Gasteiger partial charge in [0.25, 0.3) is 0 Å². The van der Waals surface area contributed by atoms with Crippen LogP contribution in [0.4, 0.5) is 0 Å². The van der Waals surface area contributed by atoms with Crippen LogP contribution in [0.2, 0.25) is 0 Å². The lowest BCUT2D eigenvalue weighted by molar-refractivity contribution is 0.290. The summed E-state index contributed by atoms with van der Waals surface area (Å²) in [6.07, 6.45) is 0. The van der Waals surface area contributed by atoms with Crippen LogP contribution in [0, 0.1) is 6.92 Å². The maximum atomic E-state index is 12.7. The molecule has 4 heteroatoms. The summed E-state index contributed by atoms with van der Waals surface area (Å²) in [5.41, 5.74) is 3.07. The Balaban J connectivity index is 2.25. The molecule has 4 nitrogen and oxygen atoms in total. The number of rotatable bonds is 5. The Bertz CT molecular complexity index is 941. The van der Waals surface area contributed by atoms with Crippen molar-refractivity contribution in [1.82, 2.24) is 4.90 Å². The molecule has 0 spiro atoms. The molecule has 0 unspecified atom stereocenters. The molecular weight excluding hydrogens is 314 g/mol. The smallest absolute Gasteiger partial charge is 0.344 e. The Morgan fingerprint density at radius 3 is 2.36 bits per heavy atom. The first-order chi connectivity index (χ1) is 12.1. The molecule has 130 valence electrons. The van der Waals surface area contributed by atoms with Crippen molar-refractivity contribution in [3.63, 3.8) is 0 Å². The fourth-order valence-electron chi connectivity index (χ4n) is 3.22. The van der Waals surface area contributed by atoms with Crippen molar-refractivity contribution in [2.45, 2.75) is 27.3 Å². The number of aromatic hydroxyl groups is 1. The van der Waals surface area contributed by atoms with Crippen molar-refractivity contribution in [2.75, 3.05) is 13.1 Å². The minimum Gasteiger partial charge on any atom is -0.507 e. The Kier molecular flexibility index (Phi) is 4.91. The zero-order valence-electron chi connectivity index (χ0n) is 14.9. The molecule has 0 bridgehead atoms. The number of fused-ring (bicyclic) bond motifs is 1. The third-order valence-corrected chi connectivity index (χ3v) is 4.75. The van der Waals surface area contributed by atoms with E-state index in [-0.39, 0.29) is 11.4 Å². The first kappa shape index (κ1) is 17.2. The standard InChI is InChI=1S/C21H23NO3/c1-4-22(5-2)13-17-18(23)12-11-16-14(3)19(21(24)25-20(16)17)15-9-7-6-8-10-15/h6-12,23H,4-5,13H2,1-3H3. The number of phenols is 1. The molecule has 1 heterocycles. The average molecular weight is 337 g/mol. The van der Waals surface area contributed by atoms with Gasteiger partial charge in [-0.05, 0) is 43.3 Å². The number of nitrogens with zero attached hydrogens (tertiary/aromatic N) is 1. The first-order valence-electron chi connectivity index (χ1n) is 8.62. The predicted octanol–water partition coefficient (Wildman–Crippen LogP) is 4.32. The molecule has 0 atom stereocenters. The van der Waals surface area contributed by atoms with E-state index in [0.717, 1.165) is 29.6 Å². The van der Waals surface area contributed by atoms with Gasteiger partial charge >= 0.3 is 5.63 Å². The van der Waals surface area contributed by atoms with Crippen LogP contribution >= 0.6 is 0 Å².